The monoisotopic (exact) mass is 513 g/mol. The van der Waals surface area contributed by atoms with Gasteiger partial charge in [-0.05, 0) is 49.2 Å². The number of fused-ring (bicyclic) bond motifs is 1. The van der Waals surface area contributed by atoms with Crippen molar-refractivity contribution in [2.45, 2.75) is 23.8 Å². The Morgan fingerprint density at radius 1 is 1.17 bits per heavy atom. The molecule has 0 saturated carbocycles. The lowest BCUT2D eigenvalue weighted by Crippen LogP contribution is -2.33. The molecule has 5 rings (SSSR count). The maximum absolute atomic E-state index is 14.6. The van der Waals surface area contributed by atoms with Gasteiger partial charge in [0, 0.05) is 24.4 Å². The Bertz CT molecular complexity index is 1570. The van der Waals surface area contributed by atoms with E-state index >= 15 is 0 Å². The first-order chi connectivity index (χ1) is 17.3. The van der Waals surface area contributed by atoms with Crippen molar-refractivity contribution in [3.8, 4) is 5.88 Å². The highest BCUT2D eigenvalue weighted by Gasteiger charge is 2.35. The number of anilines is 1. The van der Waals surface area contributed by atoms with Crippen LogP contribution in [-0.4, -0.2) is 42.6 Å². The molecule has 4 heterocycles. The molecule has 12 heteroatoms. The predicted octanol–water partition coefficient (Wildman–Crippen LogP) is 3.48. The number of sulfonamides is 1. The molecule has 0 spiro atoms. The van der Waals surface area contributed by atoms with Gasteiger partial charge in [0.2, 0.25) is 5.88 Å². The summed E-state index contributed by atoms with van der Waals surface area (Å²) in [5.74, 6) is -1.98. The average Bonchev–Trinajstić information content (AvgIpc) is 3.52. The highest BCUT2D eigenvalue weighted by atomic mass is 32.2. The summed E-state index contributed by atoms with van der Waals surface area (Å²) in [7, 11) is -3.06. The number of amides is 1. The number of nitrogens with zero attached hydrogens (tertiary/aromatic N) is 4. The Hall–Kier alpha value is -4.06. The number of ether oxygens (including phenoxy) is 1. The van der Waals surface area contributed by atoms with Crippen LogP contribution in [0.3, 0.4) is 0 Å². The Morgan fingerprint density at radius 3 is 2.81 bits per heavy atom. The molecule has 0 bridgehead atoms. The second-order valence-corrected chi connectivity index (χ2v) is 9.87. The van der Waals surface area contributed by atoms with Crippen molar-refractivity contribution in [2.24, 2.45) is 0 Å². The lowest BCUT2D eigenvalue weighted by molar-refractivity contribution is 0.0983. The molecule has 9 nitrogen and oxygen atoms in total. The molecule has 1 amide bonds. The summed E-state index contributed by atoms with van der Waals surface area (Å²) in [5, 5.41) is 4.06. The van der Waals surface area contributed by atoms with Crippen molar-refractivity contribution in [3.63, 3.8) is 0 Å². The summed E-state index contributed by atoms with van der Waals surface area (Å²) < 4.78 is 64.1. The van der Waals surface area contributed by atoms with Crippen LogP contribution in [0.25, 0.3) is 5.52 Å². The number of halogens is 2. The third-order valence-corrected chi connectivity index (χ3v) is 7.40. The second kappa shape index (κ2) is 9.19. The molecule has 36 heavy (non-hydrogen) atoms. The molecule has 3 aromatic heterocycles. The van der Waals surface area contributed by atoms with Crippen LogP contribution in [0.2, 0.25) is 0 Å². The molecule has 0 unspecified atom stereocenters. The normalized spacial score (nSPS) is 15.9. The lowest BCUT2D eigenvalue weighted by atomic mass is 10.0. The van der Waals surface area contributed by atoms with Crippen LogP contribution in [-0.2, 0) is 10.0 Å². The topological polar surface area (TPSA) is 106 Å². The zero-order valence-electron chi connectivity index (χ0n) is 19.1. The molecule has 186 valence electrons. The van der Waals surface area contributed by atoms with Gasteiger partial charge in [-0.15, -0.1) is 0 Å². The van der Waals surface area contributed by atoms with Crippen LogP contribution in [0, 0.1) is 11.6 Å². The highest BCUT2D eigenvalue weighted by molar-refractivity contribution is 7.90. The number of nitrogens with one attached hydrogen (secondary N) is 1. The quantitative estimate of drug-likeness (QED) is 0.421. The van der Waals surface area contributed by atoms with Gasteiger partial charge in [0.1, 0.15) is 16.5 Å². The molecule has 1 aliphatic rings. The summed E-state index contributed by atoms with van der Waals surface area (Å²) in [5.41, 5.74) is 0.596. The first kappa shape index (κ1) is 23.7. The van der Waals surface area contributed by atoms with Crippen LogP contribution in [0.1, 0.15) is 34.8 Å². The van der Waals surface area contributed by atoms with E-state index < -0.39 is 33.6 Å². The van der Waals surface area contributed by atoms with Crippen LogP contribution in [0.15, 0.2) is 65.8 Å². The van der Waals surface area contributed by atoms with E-state index in [9.17, 15) is 22.0 Å². The molecule has 4 aromatic rings. The number of carbonyl (C=O) groups is 1. The zero-order chi connectivity index (χ0) is 25.4. The van der Waals surface area contributed by atoms with E-state index in [4.69, 9.17) is 4.74 Å². The Labute approximate surface area is 205 Å². The first-order valence-corrected chi connectivity index (χ1v) is 12.5. The number of aromatic nitrogens is 3. The van der Waals surface area contributed by atoms with Gasteiger partial charge in [0.25, 0.3) is 15.9 Å². The maximum atomic E-state index is 14.6. The van der Waals surface area contributed by atoms with E-state index in [0.717, 1.165) is 18.2 Å². The number of carbonyl (C=O) groups excluding carboxylic acids is 1. The number of benzene rings is 1. The summed E-state index contributed by atoms with van der Waals surface area (Å²) in [6.45, 7) is 0.339. The number of hydrogen-bond acceptors (Lipinski definition) is 7. The summed E-state index contributed by atoms with van der Waals surface area (Å²) >= 11 is 0. The van der Waals surface area contributed by atoms with Gasteiger partial charge in [-0.1, -0.05) is 6.07 Å². The van der Waals surface area contributed by atoms with Crippen molar-refractivity contribution in [1.29, 1.82) is 0 Å². The number of rotatable bonds is 6. The van der Waals surface area contributed by atoms with Crippen LogP contribution < -0.4 is 14.4 Å². The van der Waals surface area contributed by atoms with E-state index in [-0.39, 0.29) is 27.7 Å². The van der Waals surface area contributed by atoms with E-state index in [0.29, 0.717) is 24.9 Å². The largest absolute Gasteiger partial charge is 0.481 e. The van der Waals surface area contributed by atoms with Gasteiger partial charge in [0.15, 0.2) is 5.82 Å². The summed E-state index contributed by atoms with van der Waals surface area (Å²) in [4.78, 5) is 18.6. The standard InChI is InChI=1S/C24H21F2N5O4S/c1-35-22-10-9-21(36(33,34)29-24(32)17-14-27-31-12-3-2-5-20(17)31)23(28-22)30-11-4-6-19(30)16-13-15(25)7-8-18(16)26/h2-3,5,7-10,12-14,19H,4,6,11H2,1H3,(H,29,32)/t19-/m1/s1. The van der Waals surface area contributed by atoms with Crippen LogP contribution >= 0.6 is 0 Å². The Morgan fingerprint density at radius 2 is 2.00 bits per heavy atom. The van der Waals surface area contributed by atoms with Crippen molar-refractivity contribution < 1.29 is 26.7 Å². The van der Waals surface area contributed by atoms with Crippen LogP contribution in [0.5, 0.6) is 5.88 Å². The van der Waals surface area contributed by atoms with E-state index in [2.05, 4.69) is 14.8 Å². The minimum Gasteiger partial charge on any atom is -0.481 e. The third kappa shape index (κ3) is 4.24. The molecule has 1 aromatic carbocycles. The van der Waals surface area contributed by atoms with Crippen molar-refractivity contribution in [3.05, 3.63) is 83.7 Å². The number of pyridine rings is 2. The number of methoxy groups -OCH3 is 1. The molecule has 1 N–H and O–H groups in total. The predicted molar refractivity (Wildman–Crippen MR) is 126 cm³/mol. The fraction of sp³-hybridized carbons (Fsp3) is 0.208. The van der Waals surface area contributed by atoms with Gasteiger partial charge in [-0.25, -0.2) is 26.4 Å². The van der Waals surface area contributed by atoms with E-state index in [1.807, 2.05) is 0 Å². The zero-order valence-corrected chi connectivity index (χ0v) is 19.9. The summed E-state index contributed by atoms with van der Waals surface area (Å²) in [6, 6.07) is 10.2. The average molecular weight is 514 g/mol. The SMILES string of the molecule is COc1ccc(S(=O)(=O)NC(=O)c2cnn3ccccc23)c(N2CCC[C@@H]2c2cc(F)ccc2F)n1. The van der Waals surface area contributed by atoms with Crippen molar-refractivity contribution >= 4 is 27.3 Å². The van der Waals surface area contributed by atoms with E-state index in [1.54, 1.807) is 29.3 Å². The highest BCUT2D eigenvalue weighted by Crippen LogP contribution is 2.40. The minimum atomic E-state index is -4.44. The maximum Gasteiger partial charge on any atom is 0.268 e. The van der Waals surface area contributed by atoms with Gasteiger partial charge in [-0.3, -0.25) is 4.79 Å². The Kier molecular flexibility index (Phi) is 6.04. The first-order valence-electron chi connectivity index (χ1n) is 11.0. The molecular weight excluding hydrogens is 492 g/mol. The van der Waals surface area contributed by atoms with Crippen molar-refractivity contribution in [2.75, 3.05) is 18.6 Å². The fourth-order valence-electron chi connectivity index (χ4n) is 4.40. The molecular formula is C24H21F2N5O4S. The number of hydrogen-bond donors (Lipinski definition) is 1. The smallest absolute Gasteiger partial charge is 0.268 e. The third-order valence-electron chi connectivity index (χ3n) is 6.05. The van der Waals surface area contributed by atoms with Gasteiger partial charge in [0.05, 0.1) is 30.4 Å². The molecule has 0 aliphatic carbocycles. The molecule has 1 fully saturated rings. The van der Waals surface area contributed by atoms with Crippen molar-refractivity contribution in [1.82, 2.24) is 19.3 Å². The van der Waals surface area contributed by atoms with E-state index in [1.165, 1.54) is 30.0 Å². The molecule has 1 aliphatic heterocycles. The van der Waals surface area contributed by atoms with Gasteiger partial charge >= 0.3 is 0 Å². The van der Waals surface area contributed by atoms with Gasteiger partial charge < -0.3 is 9.64 Å². The van der Waals surface area contributed by atoms with Crippen LogP contribution in [0.4, 0.5) is 14.6 Å². The fourth-order valence-corrected chi connectivity index (χ4v) is 5.52. The molecule has 0 radical (unpaired) electrons. The lowest BCUT2D eigenvalue weighted by Gasteiger charge is -2.28. The summed E-state index contributed by atoms with van der Waals surface area (Å²) in [6.07, 6.45) is 3.95. The molecule has 1 atom stereocenters. The minimum absolute atomic E-state index is 0.0272. The molecule has 1 saturated heterocycles. The van der Waals surface area contributed by atoms with Gasteiger partial charge in [-0.2, -0.15) is 10.1 Å². The second-order valence-electron chi connectivity index (χ2n) is 8.22. The Balaban J connectivity index is 1.54.